The molecule has 2 heterocycles. The number of thioether (sulfide) groups is 1. The minimum Gasteiger partial charge on any atom is -0.497 e. The summed E-state index contributed by atoms with van der Waals surface area (Å²) in [6.07, 6.45) is 0.214. The van der Waals surface area contributed by atoms with Crippen molar-refractivity contribution in [3.8, 4) is 5.75 Å². The fourth-order valence-corrected chi connectivity index (χ4v) is 5.85. The van der Waals surface area contributed by atoms with E-state index < -0.39 is 17.4 Å². The third kappa shape index (κ3) is 4.96. The molecule has 1 N–H and O–H groups in total. The van der Waals surface area contributed by atoms with Crippen molar-refractivity contribution in [2.24, 2.45) is 5.41 Å². The Labute approximate surface area is 201 Å². The van der Waals surface area contributed by atoms with Gasteiger partial charge in [-0.2, -0.15) is 0 Å². The molecule has 0 radical (unpaired) electrons. The van der Waals surface area contributed by atoms with Gasteiger partial charge in [-0.3, -0.25) is 14.4 Å². The predicted octanol–water partition coefficient (Wildman–Crippen LogP) is 2.61. The predicted molar refractivity (Wildman–Crippen MR) is 126 cm³/mol. The maximum Gasteiger partial charge on any atom is 0.316 e. The normalized spacial score (nSPS) is 23.8. The number of carbonyl (C=O) groups excluding carboxylic acids is 3. The van der Waals surface area contributed by atoms with E-state index in [0.29, 0.717) is 5.75 Å². The van der Waals surface area contributed by atoms with Crippen molar-refractivity contribution in [3.05, 3.63) is 65.7 Å². The first-order chi connectivity index (χ1) is 16.0. The molecule has 2 saturated heterocycles. The Morgan fingerprint density at radius 2 is 1.88 bits per heavy atom. The minimum absolute atomic E-state index is 0.0446. The number of rotatable bonds is 8. The van der Waals surface area contributed by atoms with E-state index in [1.807, 2.05) is 42.5 Å². The quantitative estimate of drug-likeness (QED) is 0.349. The van der Waals surface area contributed by atoms with Gasteiger partial charge in [-0.1, -0.05) is 42.5 Å². The highest BCUT2D eigenvalue weighted by molar-refractivity contribution is 8.00. The molecule has 3 atom stereocenters. The summed E-state index contributed by atoms with van der Waals surface area (Å²) in [5, 5.41) is 2.63. The van der Waals surface area contributed by atoms with E-state index in [2.05, 4.69) is 5.32 Å². The molecule has 0 spiro atoms. The summed E-state index contributed by atoms with van der Waals surface area (Å²) >= 11 is 7.66. The van der Waals surface area contributed by atoms with Crippen LogP contribution >= 0.6 is 23.4 Å². The highest BCUT2D eigenvalue weighted by Crippen LogP contribution is 2.43. The van der Waals surface area contributed by atoms with Crippen LogP contribution in [0.25, 0.3) is 0 Å². The second kappa shape index (κ2) is 10.1. The van der Waals surface area contributed by atoms with Gasteiger partial charge >= 0.3 is 5.97 Å². The van der Waals surface area contributed by atoms with Gasteiger partial charge in [0, 0.05) is 18.2 Å². The van der Waals surface area contributed by atoms with Crippen LogP contribution in [0.5, 0.6) is 5.75 Å². The highest BCUT2D eigenvalue weighted by Gasteiger charge is 2.57. The Hall–Kier alpha value is -2.71. The van der Waals surface area contributed by atoms with E-state index in [0.717, 1.165) is 16.9 Å². The lowest BCUT2D eigenvalue weighted by Gasteiger charge is -2.53. The van der Waals surface area contributed by atoms with Crippen LogP contribution in [0.4, 0.5) is 0 Å². The summed E-state index contributed by atoms with van der Waals surface area (Å²) in [5.74, 6) is 0.349. The number of nitrogens with one attached hydrogen (secondary N) is 1. The van der Waals surface area contributed by atoms with E-state index in [9.17, 15) is 14.4 Å². The molecule has 2 fully saturated rings. The van der Waals surface area contributed by atoms with Crippen LogP contribution in [0, 0.1) is 5.41 Å². The van der Waals surface area contributed by atoms with Gasteiger partial charge in [-0.25, -0.2) is 0 Å². The number of ether oxygens (including phenoxy) is 2. The summed E-state index contributed by atoms with van der Waals surface area (Å²) in [5.41, 5.74) is 0.733. The monoisotopic (exact) mass is 488 g/mol. The highest BCUT2D eigenvalue weighted by atomic mass is 35.5. The molecule has 0 saturated carbocycles. The van der Waals surface area contributed by atoms with Crippen molar-refractivity contribution < 1.29 is 23.9 Å². The molecular weight excluding hydrogens is 464 g/mol. The number of alkyl halides is 1. The van der Waals surface area contributed by atoms with Crippen LogP contribution < -0.4 is 10.1 Å². The van der Waals surface area contributed by atoms with Gasteiger partial charge < -0.3 is 19.7 Å². The van der Waals surface area contributed by atoms with Gasteiger partial charge in [0.15, 0.2) is 0 Å². The summed E-state index contributed by atoms with van der Waals surface area (Å²) in [6, 6.07) is 16.0. The molecule has 33 heavy (non-hydrogen) atoms. The Bertz CT molecular complexity index is 1020. The van der Waals surface area contributed by atoms with Crippen molar-refractivity contribution in [2.75, 3.05) is 25.3 Å². The van der Waals surface area contributed by atoms with Crippen molar-refractivity contribution in [1.82, 2.24) is 10.2 Å². The number of hydrogen-bond donors (Lipinski definition) is 1. The zero-order valence-corrected chi connectivity index (χ0v) is 19.7. The lowest BCUT2D eigenvalue weighted by molar-refractivity contribution is -0.162. The molecule has 2 aliphatic heterocycles. The van der Waals surface area contributed by atoms with Crippen molar-refractivity contribution in [1.29, 1.82) is 0 Å². The van der Waals surface area contributed by atoms with Crippen LogP contribution in [0.3, 0.4) is 0 Å². The van der Waals surface area contributed by atoms with E-state index in [1.165, 1.54) is 11.8 Å². The Balaban J connectivity index is 1.32. The molecule has 0 aliphatic carbocycles. The topological polar surface area (TPSA) is 84.9 Å². The van der Waals surface area contributed by atoms with Gasteiger partial charge in [-0.15, -0.1) is 23.4 Å². The maximum absolute atomic E-state index is 12.9. The smallest absolute Gasteiger partial charge is 0.316 e. The first-order valence-electron chi connectivity index (χ1n) is 10.6. The summed E-state index contributed by atoms with van der Waals surface area (Å²) in [7, 11) is 1.59. The average Bonchev–Trinajstić information content (AvgIpc) is 2.86. The third-order valence-electron chi connectivity index (χ3n) is 5.89. The lowest BCUT2D eigenvalue weighted by atomic mass is 9.89. The molecule has 2 aromatic carbocycles. The fraction of sp³-hybridized carbons (Fsp3) is 0.375. The number of hydrogen-bond acceptors (Lipinski definition) is 6. The van der Waals surface area contributed by atoms with Crippen LogP contribution in [0.2, 0.25) is 0 Å². The van der Waals surface area contributed by atoms with Gasteiger partial charge in [0.2, 0.25) is 11.8 Å². The molecular formula is C24H25ClN2O5S. The van der Waals surface area contributed by atoms with Crippen LogP contribution in [0.1, 0.15) is 11.1 Å². The third-order valence-corrected chi connectivity index (χ3v) is 7.99. The van der Waals surface area contributed by atoms with E-state index in [4.69, 9.17) is 21.1 Å². The van der Waals surface area contributed by atoms with Crippen LogP contribution in [-0.2, 0) is 32.1 Å². The molecule has 9 heteroatoms. The number of nitrogens with zero attached hydrogens (tertiary/aromatic N) is 1. The van der Waals surface area contributed by atoms with E-state index in [1.54, 1.807) is 24.1 Å². The standard InChI is InChI=1S/C24H25ClN2O5S/c1-31-18-9-7-17(8-10-18)12-32-23(30)24(13-25)14-27-21(29)20(22(27)33-15-24)26-19(28)11-16-5-3-2-4-6-16/h2-10,20,22H,11-15H2,1H3,(H,26,28)/t20?,22-,24?/m1/s1. The summed E-state index contributed by atoms with van der Waals surface area (Å²) < 4.78 is 10.7. The second-order valence-electron chi connectivity index (χ2n) is 8.21. The number of β-lactam (4-membered cyclic amide) rings is 1. The fourth-order valence-electron chi connectivity index (χ4n) is 3.92. The number of halogens is 1. The van der Waals surface area contributed by atoms with Gasteiger partial charge in [0.25, 0.3) is 0 Å². The van der Waals surface area contributed by atoms with E-state index in [-0.39, 0.29) is 42.6 Å². The van der Waals surface area contributed by atoms with Crippen molar-refractivity contribution in [3.63, 3.8) is 0 Å². The zero-order chi connectivity index (χ0) is 23.4. The van der Waals surface area contributed by atoms with Crippen LogP contribution in [-0.4, -0.2) is 59.4 Å². The lowest BCUT2D eigenvalue weighted by Crippen LogP contribution is -2.74. The SMILES string of the molecule is COc1ccc(COC(=O)C2(CCl)CS[C@@H]3C(NC(=O)Cc4ccccc4)C(=O)N3C2)cc1. The van der Waals surface area contributed by atoms with Crippen molar-refractivity contribution in [2.45, 2.75) is 24.4 Å². The molecule has 0 bridgehead atoms. The molecule has 2 aromatic rings. The Morgan fingerprint density at radius 1 is 1.15 bits per heavy atom. The van der Waals surface area contributed by atoms with Gasteiger partial charge in [-0.05, 0) is 23.3 Å². The molecule has 2 amide bonds. The van der Waals surface area contributed by atoms with Crippen molar-refractivity contribution >= 4 is 41.1 Å². The zero-order valence-electron chi connectivity index (χ0n) is 18.2. The Kier molecular flexibility index (Phi) is 7.14. The molecule has 7 nitrogen and oxygen atoms in total. The minimum atomic E-state index is -0.982. The molecule has 2 aliphatic rings. The molecule has 174 valence electrons. The van der Waals surface area contributed by atoms with E-state index >= 15 is 0 Å². The summed E-state index contributed by atoms with van der Waals surface area (Å²) in [4.78, 5) is 39.7. The molecule has 0 aromatic heterocycles. The number of methoxy groups -OCH3 is 1. The number of carbonyl (C=O) groups is 3. The molecule has 4 rings (SSSR count). The molecule has 2 unspecified atom stereocenters. The summed E-state index contributed by atoms with van der Waals surface area (Å²) in [6.45, 7) is 0.293. The van der Waals surface area contributed by atoms with Gasteiger partial charge in [0.1, 0.15) is 29.2 Å². The second-order valence-corrected chi connectivity index (χ2v) is 9.59. The maximum atomic E-state index is 12.9. The first-order valence-corrected chi connectivity index (χ1v) is 12.2. The number of amides is 2. The van der Waals surface area contributed by atoms with Crippen LogP contribution in [0.15, 0.2) is 54.6 Å². The number of fused-ring (bicyclic) bond motifs is 1. The number of benzene rings is 2. The average molecular weight is 489 g/mol. The first kappa shape index (κ1) is 23.4. The van der Waals surface area contributed by atoms with Gasteiger partial charge in [0.05, 0.1) is 13.5 Å². The Morgan fingerprint density at radius 3 is 2.55 bits per heavy atom. The largest absolute Gasteiger partial charge is 0.497 e. The number of esters is 1.